The standard InChI is InChI=1S/C26H26N4O3S/c1-18-9-11-20(12-10-18)30-24(16-22(29-30)21-6-3-4-7-23(21)33-2)28-25(31)8-5-14-27-26(32)19-13-15-34-17-19/h3-4,6-7,9-13,15-17H,5,8,14H2,1-2H3,(H,27,32)(H,28,31). The van der Waals surface area contributed by atoms with Crippen molar-refractivity contribution in [2.24, 2.45) is 0 Å². The minimum Gasteiger partial charge on any atom is -0.496 e. The highest BCUT2D eigenvalue weighted by molar-refractivity contribution is 7.08. The molecule has 4 aromatic rings. The summed E-state index contributed by atoms with van der Waals surface area (Å²) in [6.07, 6.45) is 0.798. The van der Waals surface area contributed by atoms with Crippen molar-refractivity contribution in [2.75, 3.05) is 19.0 Å². The number of anilines is 1. The highest BCUT2D eigenvalue weighted by Gasteiger charge is 2.16. The molecule has 2 aromatic carbocycles. The summed E-state index contributed by atoms with van der Waals surface area (Å²) in [5, 5.41) is 14.2. The van der Waals surface area contributed by atoms with Gasteiger partial charge in [-0.3, -0.25) is 9.59 Å². The molecule has 0 saturated heterocycles. The van der Waals surface area contributed by atoms with Crippen molar-refractivity contribution in [3.63, 3.8) is 0 Å². The summed E-state index contributed by atoms with van der Waals surface area (Å²) in [6.45, 7) is 2.44. The monoisotopic (exact) mass is 474 g/mol. The second kappa shape index (κ2) is 10.8. The van der Waals surface area contributed by atoms with E-state index in [2.05, 4.69) is 10.6 Å². The molecule has 7 nitrogen and oxygen atoms in total. The summed E-state index contributed by atoms with van der Waals surface area (Å²) < 4.78 is 7.21. The number of amides is 2. The van der Waals surface area contributed by atoms with Crippen LogP contribution in [0.15, 0.2) is 71.4 Å². The van der Waals surface area contributed by atoms with Gasteiger partial charge in [0.1, 0.15) is 11.6 Å². The summed E-state index contributed by atoms with van der Waals surface area (Å²) >= 11 is 1.47. The Morgan fingerprint density at radius 1 is 1.09 bits per heavy atom. The molecule has 2 aromatic heterocycles. The highest BCUT2D eigenvalue weighted by atomic mass is 32.1. The minimum atomic E-state index is -0.148. The van der Waals surface area contributed by atoms with Gasteiger partial charge in [0.15, 0.2) is 0 Å². The van der Waals surface area contributed by atoms with E-state index in [1.165, 1.54) is 11.3 Å². The number of methoxy groups -OCH3 is 1. The number of nitrogens with zero attached hydrogens (tertiary/aromatic N) is 2. The zero-order valence-electron chi connectivity index (χ0n) is 19.1. The molecule has 4 rings (SSSR count). The Hall–Kier alpha value is -3.91. The number of ether oxygens (including phenoxy) is 1. The van der Waals surface area contributed by atoms with Crippen LogP contribution in [-0.2, 0) is 4.79 Å². The minimum absolute atomic E-state index is 0.124. The molecule has 0 aliphatic heterocycles. The van der Waals surface area contributed by atoms with E-state index >= 15 is 0 Å². The van der Waals surface area contributed by atoms with Gasteiger partial charge in [-0.15, -0.1) is 0 Å². The number of carbonyl (C=O) groups excluding carboxylic acids is 2. The maximum atomic E-state index is 12.7. The molecule has 174 valence electrons. The van der Waals surface area contributed by atoms with E-state index in [1.54, 1.807) is 23.2 Å². The number of benzene rings is 2. The van der Waals surface area contributed by atoms with Crippen molar-refractivity contribution >= 4 is 29.0 Å². The number of hydrogen-bond donors (Lipinski definition) is 2. The molecular formula is C26H26N4O3S. The number of hydrogen-bond acceptors (Lipinski definition) is 5. The zero-order valence-corrected chi connectivity index (χ0v) is 19.9. The fourth-order valence-electron chi connectivity index (χ4n) is 3.49. The molecule has 2 amide bonds. The van der Waals surface area contributed by atoms with Crippen LogP contribution in [0.25, 0.3) is 16.9 Å². The van der Waals surface area contributed by atoms with Crippen molar-refractivity contribution in [3.8, 4) is 22.7 Å². The number of nitrogens with one attached hydrogen (secondary N) is 2. The van der Waals surface area contributed by atoms with Gasteiger partial charge in [0.25, 0.3) is 5.91 Å². The van der Waals surface area contributed by atoms with E-state index in [9.17, 15) is 9.59 Å². The molecule has 0 spiro atoms. The lowest BCUT2D eigenvalue weighted by Gasteiger charge is -2.09. The quantitative estimate of drug-likeness (QED) is 0.332. The summed E-state index contributed by atoms with van der Waals surface area (Å²) in [5.41, 5.74) is 4.14. The third-order valence-electron chi connectivity index (χ3n) is 5.29. The van der Waals surface area contributed by atoms with Gasteiger partial charge in [-0.1, -0.05) is 29.8 Å². The highest BCUT2D eigenvalue weighted by Crippen LogP contribution is 2.31. The smallest absolute Gasteiger partial charge is 0.252 e. The van der Waals surface area contributed by atoms with Crippen molar-refractivity contribution in [3.05, 3.63) is 82.6 Å². The van der Waals surface area contributed by atoms with Gasteiger partial charge >= 0.3 is 0 Å². The molecule has 34 heavy (non-hydrogen) atoms. The normalized spacial score (nSPS) is 10.6. The predicted molar refractivity (Wildman–Crippen MR) is 135 cm³/mol. The Bertz CT molecular complexity index is 1260. The van der Waals surface area contributed by atoms with Crippen LogP contribution >= 0.6 is 11.3 Å². The molecule has 0 saturated carbocycles. The van der Waals surface area contributed by atoms with Crippen LogP contribution in [-0.4, -0.2) is 35.2 Å². The van der Waals surface area contributed by atoms with Gasteiger partial charge in [-0.05, 0) is 49.1 Å². The van der Waals surface area contributed by atoms with Crippen LogP contribution in [0.3, 0.4) is 0 Å². The number of para-hydroxylation sites is 1. The molecule has 0 fully saturated rings. The van der Waals surface area contributed by atoms with Crippen LogP contribution in [0.4, 0.5) is 5.82 Å². The average Bonchev–Trinajstić information content (AvgIpc) is 3.53. The fraction of sp³-hybridized carbons (Fsp3) is 0.192. The second-order valence-electron chi connectivity index (χ2n) is 7.78. The molecule has 2 heterocycles. The topological polar surface area (TPSA) is 85.3 Å². The lowest BCUT2D eigenvalue weighted by molar-refractivity contribution is -0.116. The SMILES string of the molecule is COc1ccccc1-c1cc(NC(=O)CCCNC(=O)c2ccsc2)n(-c2ccc(C)cc2)n1. The Balaban J connectivity index is 1.48. The first-order valence-electron chi connectivity index (χ1n) is 11.0. The third-order valence-corrected chi connectivity index (χ3v) is 5.97. The van der Waals surface area contributed by atoms with Crippen LogP contribution in [0, 0.1) is 6.92 Å². The van der Waals surface area contributed by atoms with E-state index in [0.717, 1.165) is 16.8 Å². The van der Waals surface area contributed by atoms with Gasteiger partial charge in [-0.25, -0.2) is 4.68 Å². The Morgan fingerprint density at radius 3 is 2.62 bits per heavy atom. The molecule has 0 atom stereocenters. The van der Waals surface area contributed by atoms with E-state index in [4.69, 9.17) is 9.84 Å². The molecule has 2 N–H and O–H groups in total. The summed E-state index contributed by atoms with van der Waals surface area (Å²) in [5.74, 6) is 0.998. The first-order valence-corrected chi connectivity index (χ1v) is 11.9. The third kappa shape index (κ3) is 5.52. The molecule has 0 aliphatic carbocycles. The lowest BCUT2D eigenvalue weighted by Crippen LogP contribution is -2.25. The maximum Gasteiger partial charge on any atom is 0.252 e. The lowest BCUT2D eigenvalue weighted by atomic mass is 10.1. The first-order chi connectivity index (χ1) is 16.5. The van der Waals surface area contributed by atoms with Crippen molar-refractivity contribution in [1.82, 2.24) is 15.1 Å². The Morgan fingerprint density at radius 2 is 1.88 bits per heavy atom. The molecule has 0 aliphatic rings. The van der Waals surface area contributed by atoms with Crippen LogP contribution < -0.4 is 15.4 Å². The van der Waals surface area contributed by atoms with Gasteiger partial charge in [0.05, 0.1) is 18.5 Å². The van der Waals surface area contributed by atoms with E-state index < -0.39 is 0 Å². The van der Waals surface area contributed by atoms with E-state index in [1.807, 2.05) is 66.9 Å². The predicted octanol–water partition coefficient (Wildman–Crippen LogP) is 5.07. The van der Waals surface area contributed by atoms with Gasteiger partial charge in [-0.2, -0.15) is 16.4 Å². The molecule has 8 heteroatoms. The molecular weight excluding hydrogens is 448 g/mol. The largest absolute Gasteiger partial charge is 0.496 e. The van der Waals surface area contributed by atoms with Crippen LogP contribution in [0.2, 0.25) is 0 Å². The Labute approximate surface area is 202 Å². The van der Waals surface area contributed by atoms with Gasteiger partial charge in [0, 0.05) is 35.5 Å². The number of aryl methyl sites for hydroxylation is 1. The molecule has 0 bridgehead atoms. The number of carbonyl (C=O) groups is 2. The van der Waals surface area contributed by atoms with Crippen molar-refractivity contribution < 1.29 is 14.3 Å². The van der Waals surface area contributed by atoms with Crippen LogP contribution in [0.5, 0.6) is 5.75 Å². The van der Waals surface area contributed by atoms with E-state index in [0.29, 0.717) is 35.8 Å². The van der Waals surface area contributed by atoms with Crippen molar-refractivity contribution in [1.29, 1.82) is 0 Å². The molecule has 0 radical (unpaired) electrons. The summed E-state index contributed by atoms with van der Waals surface area (Å²) in [7, 11) is 1.62. The van der Waals surface area contributed by atoms with Gasteiger partial charge in [0.2, 0.25) is 5.91 Å². The fourth-order valence-corrected chi connectivity index (χ4v) is 4.13. The van der Waals surface area contributed by atoms with Crippen LogP contribution in [0.1, 0.15) is 28.8 Å². The summed E-state index contributed by atoms with van der Waals surface area (Å²) in [6, 6.07) is 19.2. The van der Waals surface area contributed by atoms with Crippen molar-refractivity contribution in [2.45, 2.75) is 19.8 Å². The average molecular weight is 475 g/mol. The Kier molecular flexibility index (Phi) is 7.39. The molecule has 0 unspecified atom stereocenters. The maximum absolute atomic E-state index is 12.7. The number of thiophene rings is 1. The number of aromatic nitrogens is 2. The summed E-state index contributed by atoms with van der Waals surface area (Å²) in [4.78, 5) is 24.7. The van der Waals surface area contributed by atoms with E-state index in [-0.39, 0.29) is 18.2 Å². The van der Waals surface area contributed by atoms with Gasteiger partial charge < -0.3 is 15.4 Å². The number of rotatable bonds is 9. The second-order valence-corrected chi connectivity index (χ2v) is 8.56. The zero-order chi connectivity index (χ0) is 23.9. The first kappa shape index (κ1) is 23.3.